The lowest BCUT2D eigenvalue weighted by molar-refractivity contribution is -0.129. The molecule has 1 fully saturated rings. The second-order valence-electron chi connectivity index (χ2n) is 6.34. The molecule has 2 heterocycles. The molecule has 1 N–H and O–H groups in total. The highest BCUT2D eigenvalue weighted by Gasteiger charge is 2.25. The maximum atomic E-state index is 12.4. The monoisotopic (exact) mass is 346 g/mol. The Hall–Kier alpha value is -1.85. The lowest BCUT2D eigenvalue weighted by atomic mass is 10.1. The number of benzene rings is 1. The molecule has 24 heavy (non-hydrogen) atoms. The molecular weight excluding hydrogens is 324 g/mol. The van der Waals surface area contributed by atoms with Crippen molar-refractivity contribution in [3.05, 3.63) is 53.1 Å². The van der Waals surface area contributed by atoms with Crippen LogP contribution in [0.25, 0.3) is 0 Å². The normalized spacial score (nSPS) is 17.4. The van der Waals surface area contributed by atoms with Gasteiger partial charge in [0.05, 0.1) is 19.2 Å². The van der Waals surface area contributed by atoms with Gasteiger partial charge in [0, 0.05) is 26.7 Å². The molecule has 1 aromatic carbocycles. The summed E-state index contributed by atoms with van der Waals surface area (Å²) in [6.07, 6.45) is 3.21. The average molecular weight is 347 g/mol. The van der Waals surface area contributed by atoms with Crippen LogP contribution in [0.4, 0.5) is 0 Å². The fraction of sp³-hybridized carbons (Fsp3) is 0.444. The Bertz CT molecular complexity index is 686. The molecule has 1 saturated heterocycles. The Kier molecular flexibility index (Phi) is 5.53. The number of hydrogen-bond acceptors (Lipinski definition) is 3. The van der Waals surface area contributed by atoms with E-state index < -0.39 is 0 Å². The zero-order valence-electron chi connectivity index (χ0n) is 13.9. The lowest BCUT2D eigenvalue weighted by Gasteiger charge is -2.17. The average Bonchev–Trinajstić information content (AvgIpc) is 3.18. The van der Waals surface area contributed by atoms with E-state index in [1.54, 1.807) is 6.20 Å². The van der Waals surface area contributed by atoms with Gasteiger partial charge in [-0.3, -0.25) is 4.79 Å². The summed E-state index contributed by atoms with van der Waals surface area (Å²) in [5.41, 5.74) is 1.08. The number of hydrogen-bond donors (Lipinski definition) is 1. The van der Waals surface area contributed by atoms with Crippen LogP contribution < -0.4 is 5.32 Å². The van der Waals surface area contributed by atoms with Crippen molar-refractivity contribution in [2.75, 3.05) is 19.6 Å². The number of aromatic nitrogens is 2. The summed E-state index contributed by atoms with van der Waals surface area (Å²) >= 11 is 5.98. The molecule has 0 saturated carbocycles. The van der Waals surface area contributed by atoms with Gasteiger partial charge in [-0.15, -0.1) is 0 Å². The molecule has 1 atom stereocenters. The SMILES string of the molecule is Cn1c(Cl)cnc1CNCC1CCN(C(=O)Cc2ccccc2)C1. The minimum absolute atomic E-state index is 0.222. The predicted octanol–water partition coefficient (Wildman–Crippen LogP) is 2.25. The first-order chi connectivity index (χ1) is 11.6. The first kappa shape index (κ1) is 17.0. The van der Waals surface area contributed by atoms with Crippen molar-refractivity contribution in [2.45, 2.75) is 19.4 Å². The van der Waals surface area contributed by atoms with E-state index in [9.17, 15) is 4.79 Å². The van der Waals surface area contributed by atoms with Crippen molar-refractivity contribution < 1.29 is 4.79 Å². The number of carbonyl (C=O) groups is 1. The van der Waals surface area contributed by atoms with Crippen molar-refractivity contribution in [1.82, 2.24) is 19.8 Å². The third-order valence-corrected chi connectivity index (χ3v) is 4.93. The van der Waals surface area contributed by atoms with E-state index in [-0.39, 0.29) is 5.91 Å². The van der Waals surface area contributed by atoms with Crippen molar-refractivity contribution >= 4 is 17.5 Å². The minimum Gasteiger partial charge on any atom is -0.342 e. The Balaban J connectivity index is 1.42. The van der Waals surface area contributed by atoms with Crippen LogP contribution in [0, 0.1) is 5.92 Å². The first-order valence-electron chi connectivity index (χ1n) is 8.32. The number of nitrogens with one attached hydrogen (secondary N) is 1. The van der Waals surface area contributed by atoms with Gasteiger partial charge in [-0.1, -0.05) is 41.9 Å². The maximum Gasteiger partial charge on any atom is 0.226 e. The van der Waals surface area contributed by atoms with Crippen LogP contribution in [0.3, 0.4) is 0 Å². The summed E-state index contributed by atoms with van der Waals surface area (Å²) in [5.74, 6) is 1.65. The molecule has 0 bridgehead atoms. The van der Waals surface area contributed by atoms with Crippen LogP contribution in [0.1, 0.15) is 17.8 Å². The summed E-state index contributed by atoms with van der Waals surface area (Å²) in [4.78, 5) is 18.6. The second kappa shape index (κ2) is 7.81. The van der Waals surface area contributed by atoms with E-state index in [4.69, 9.17) is 11.6 Å². The van der Waals surface area contributed by atoms with E-state index >= 15 is 0 Å². The smallest absolute Gasteiger partial charge is 0.226 e. The van der Waals surface area contributed by atoms with Crippen molar-refractivity contribution in [3.63, 3.8) is 0 Å². The van der Waals surface area contributed by atoms with Gasteiger partial charge in [-0.25, -0.2) is 4.98 Å². The number of amides is 1. The molecule has 1 amide bonds. The zero-order chi connectivity index (χ0) is 16.9. The van der Waals surface area contributed by atoms with E-state index in [1.807, 2.05) is 46.8 Å². The van der Waals surface area contributed by atoms with E-state index in [2.05, 4.69) is 10.3 Å². The molecule has 1 aliphatic rings. The summed E-state index contributed by atoms with van der Waals surface area (Å²) in [6, 6.07) is 9.93. The highest BCUT2D eigenvalue weighted by atomic mass is 35.5. The maximum absolute atomic E-state index is 12.4. The molecule has 0 spiro atoms. The van der Waals surface area contributed by atoms with Gasteiger partial charge in [-0.2, -0.15) is 0 Å². The molecule has 128 valence electrons. The lowest BCUT2D eigenvalue weighted by Crippen LogP contribution is -2.32. The molecule has 5 nitrogen and oxygen atoms in total. The Morgan fingerprint density at radius 2 is 2.17 bits per heavy atom. The quantitative estimate of drug-likeness (QED) is 0.872. The zero-order valence-corrected chi connectivity index (χ0v) is 14.7. The van der Waals surface area contributed by atoms with Crippen LogP contribution in [-0.4, -0.2) is 40.0 Å². The Morgan fingerprint density at radius 1 is 1.38 bits per heavy atom. The van der Waals surface area contributed by atoms with Crippen molar-refractivity contribution in [1.29, 1.82) is 0 Å². The van der Waals surface area contributed by atoms with Crippen molar-refractivity contribution in [2.24, 2.45) is 13.0 Å². The van der Waals surface area contributed by atoms with Crippen LogP contribution in [0.2, 0.25) is 5.15 Å². The van der Waals surface area contributed by atoms with Crippen LogP contribution >= 0.6 is 11.6 Å². The number of rotatable bonds is 6. The van der Waals surface area contributed by atoms with Crippen LogP contribution in [-0.2, 0) is 24.8 Å². The fourth-order valence-electron chi connectivity index (χ4n) is 3.08. The van der Waals surface area contributed by atoms with Gasteiger partial charge in [0.2, 0.25) is 5.91 Å². The number of likely N-dealkylation sites (tertiary alicyclic amines) is 1. The summed E-state index contributed by atoms with van der Waals surface area (Å²) in [6.45, 7) is 3.27. The highest BCUT2D eigenvalue weighted by molar-refractivity contribution is 6.29. The molecule has 0 radical (unpaired) electrons. The van der Waals surface area contributed by atoms with Gasteiger partial charge in [0.15, 0.2) is 0 Å². The molecule has 1 aromatic heterocycles. The van der Waals surface area contributed by atoms with E-state index in [1.165, 1.54) is 0 Å². The van der Waals surface area contributed by atoms with E-state index in [0.29, 0.717) is 24.0 Å². The van der Waals surface area contributed by atoms with Crippen LogP contribution in [0.5, 0.6) is 0 Å². The van der Waals surface area contributed by atoms with E-state index in [0.717, 1.165) is 37.4 Å². The van der Waals surface area contributed by atoms with Crippen molar-refractivity contribution in [3.8, 4) is 0 Å². The molecular formula is C18H23ClN4O. The topological polar surface area (TPSA) is 50.2 Å². The summed E-state index contributed by atoms with van der Waals surface area (Å²) < 4.78 is 1.87. The highest BCUT2D eigenvalue weighted by Crippen LogP contribution is 2.17. The third kappa shape index (κ3) is 4.16. The molecule has 6 heteroatoms. The summed E-state index contributed by atoms with van der Waals surface area (Å²) in [5, 5.41) is 4.07. The third-order valence-electron chi connectivity index (χ3n) is 4.58. The molecule has 3 rings (SSSR count). The predicted molar refractivity (Wildman–Crippen MR) is 94.8 cm³/mol. The van der Waals surface area contributed by atoms with Gasteiger partial charge < -0.3 is 14.8 Å². The minimum atomic E-state index is 0.222. The number of carbonyl (C=O) groups excluding carboxylic acids is 1. The second-order valence-corrected chi connectivity index (χ2v) is 6.73. The van der Waals surface area contributed by atoms with Gasteiger partial charge in [0.25, 0.3) is 0 Å². The largest absolute Gasteiger partial charge is 0.342 e. The van der Waals surface area contributed by atoms with Gasteiger partial charge in [0.1, 0.15) is 11.0 Å². The van der Waals surface area contributed by atoms with Gasteiger partial charge >= 0.3 is 0 Å². The number of imidazole rings is 1. The molecule has 1 aliphatic heterocycles. The molecule has 1 unspecified atom stereocenters. The molecule has 2 aromatic rings. The first-order valence-corrected chi connectivity index (χ1v) is 8.70. The number of nitrogens with zero attached hydrogens (tertiary/aromatic N) is 3. The standard InChI is InChI=1S/C18H23ClN4O/c1-22-16(19)11-21-17(22)12-20-10-15-7-8-23(13-15)18(24)9-14-5-3-2-4-6-14/h2-6,11,15,20H,7-10,12-13H2,1H3. The Morgan fingerprint density at radius 3 is 2.88 bits per heavy atom. The Labute approximate surface area is 147 Å². The fourth-order valence-corrected chi connectivity index (χ4v) is 3.23. The molecule has 0 aliphatic carbocycles. The van der Waals surface area contributed by atoms with Crippen LogP contribution in [0.15, 0.2) is 36.5 Å². The summed E-state index contributed by atoms with van der Waals surface area (Å²) in [7, 11) is 1.91. The number of halogens is 1. The van der Waals surface area contributed by atoms with Gasteiger partial charge in [-0.05, 0) is 17.9 Å².